The van der Waals surface area contributed by atoms with Crippen molar-refractivity contribution < 1.29 is 9.90 Å². The molecule has 0 saturated carbocycles. The molecule has 0 aliphatic heterocycles. The average molecular weight is 437 g/mol. The Morgan fingerprint density at radius 1 is 1.14 bits per heavy atom. The summed E-state index contributed by atoms with van der Waals surface area (Å²) in [7, 11) is 0. The van der Waals surface area contributed by atoms with Gasteiger partial charge in [0.05, 0.1) is 10.8 Å². The zero-order chi connectivity index (χ0) is 19.9. The predicted octanol–water partition coefficient (Wildman–Crippen LogP) is 3.83. The monoisotopic (exact) mass is 436 g/mol. The number of benzene rings is 2. The van der Waals surface area contributed by atoms with E-state index in [-0.39, 0.29) is 18.3 Å². The molecule has 6 nitrogen and oxygen atoms in total. The third-order valence-corrected chi connectivity index (χ3v) is 5.29. The van der Waals surface area contributed by atoms with Gasteiger partial charge in [-0.3, -0.25) is 9.36 Å². The highest BCUT2D eigenvalue weighted by Crippen LogP contribution is 2.33. The van der Waals surface area contributed by atoms with Crippen LogP contribution in [0.25, 0.3) is 17.1 Å². The summed E-state index contributed by atoms with van der Waals surface area (Å²) in [5, 5.41) is 21.7. The Kier molecular flexibility index (Phi) is 7.33. The third kappa shape index (κ3) is 5.05. The van der Waals surface area contributed by atoms with Crippen LogP contribution in [0.1, 0.15) is 6.42 Å². The van der Waals surface area contributed by atoms with Gasteiger partial charge in [-0.1, -0.05) is 53.2 Å². The van der Waals surface area contributed by atoms with Crippen molar-refractivity contribution in [3.8, 4) is 17.1 Å². The summed E-state index contributed by atoms with van der Waals surface area (Å²) in [5.41, 5.74) is 1.55. The second-order valence-electron chi connectivity index (χ2n) is 5.82. The quantitative estimate of drug-likeness (QED) is 0.414. The van der Waals surface area contributed by atoms with Crippen molar-refractivity contribution in [2.75, 3.05) is 18.9 Å². The lowest BCUT2D eigenvalue weighted by Gasteiger charge is -2.11. The molecule has 2 N–H and O–H groups in total. The molecule has 0 radical (unpaired) electrons. The Morgan fingerprint density at radius 3 is 2.64 bits per heavy atom. The molecule has 0 spiro atoms. The van der Waals surface area contributed by atoms with Gasteiger partial charge < -0.3 is 10.4 Å². The number of halogens is 2. The van der Waals surface area contributed by atoms with Crippen LogP contribution in [-0.2, 0) is 4.79 Å². The van der Waals surface area contributed by atoms with Gasteiger partial charge >= 0.3 is 0 Å². The maximum atomic E-state index is 12.0. The highest BCUT2D eigenvalue weighted by Gasteiger charge is 2.19. The highest BCUT2D eigenvalue weighted by molar-refractivity contribution is 7.99. The van der Waals surface area contributed by atoms with Crippen molar-refractivity contribution in [3.63, 3.8) is 0 Å². The van der Waals surface area contributed by atoms with Crippen LogP contribution in [0.5, 0.6) is 0 Å². The van der Waals surface area contributed by atoms with Crippen molar-refractivity contribution in [2.24, 2.45) is 0 Å². The molecule has 3 rings (SSSR count). The van der Waals surface area contributed by atoms with E-state index < -0.39 is 0 Å². The van der Waals surface area contributed by atoms with Gasteiger partial charge in [-0.25, -0.2) is 0 Å². The Morgan fingerprint density at radius 2 is 1.93 bits per heavy atom. The minimum atomic E-state index is -0.132. The Labute approximate surface area is 176 Å². The second kappa shape index (κ2) is 9.93. The number of hydrogen-bond donors (Lipinski definition) is 2. The van der Waals surface area contributed by atoms with Gasteiger partial charge in [0, 0.05) is 29.4 Å². The molecule has 0 atom stereocenters. The molecular formula is C19H18Cl2N4O2S. The predicted molar refractivity (Wildman–Crippen MR) is 112 cm³/mol. The normalized spacial score (nSPS) is 10.8. The topological polar surface area (TPSA) is 80.0 Å². The van der Waals surface area contributed by atoms with Gasteiger partial charge in [-0.05, 0) is 36.8 Å². The number of rotatable bonds is 8. The maximum Gasteiger partial charge on any atom is 0.230 e. The number of amides is 1. The SMILES string of the molecule is O=C(CSc1nnc(-c2ccc(Cl)cc2Cl)n1-c1ccccc1)NCCCO. The van der Waals surface area contributed by atoms with Gasteiger partial charge in [-0.2, -0.15) is 0 Å². The first-order chi connectivity index (χ1) is 13.6. The molecule has 3 aromatic rings. The Balaban J connectivity index is 1.91. The summed E-state index contributed by atoms with van der Waals surface area (Å²) >= 11 is 13.7. The average Bonchev–Trinajstić information content (AvgIpc) is 3.11. The number of hydrogen-bond acceptors (Lipinski definition) is 5. The fourth-order valence-corrected chi connectivity index (χ4v) is 3.78. The van der Waals surface area contributed by atoms with Gasteiger partial charge in [0.25, 0.3) is 0 Å². The van der Waals surface area contributed by atoms with Gasteiger partial charge in [0.2, 0.25) is 5.91 Å². The zero-order valence-corrected chi connectivity index (χ0v) is 17.1. The Bertz CT molecular complexity index is 950. The maximum absolute atomic E-state index is 12.0. The smallest absolute Gasteiger partial charge is 0.230 e. The lowest BCUT2D eigenvalue weighted by Crippen LogP contribution is -2.26. The van der Waals surface area contributed by atoms with Crippen molar-refractivity contribution in [2.45, 2.75) is 11.6 Å². The van der Waals surface area contributed by atoms with Crippen molar-refractivity contribution >= 4 is 40.9 Å². The summed E-state index contributed by atoms with van der Waals surface area (Å²) < 4.78 is 1.86. The number of carbonyl (C=O) groups is 1. The molecule has 2 aromatic carbocycles. The molecular weight excluding hydrogens is 419 g/mol. The standard InChI is InChI=1S/C19H18Cl2N4O2S/c20-13-7-8-15(16(21)11-13)18-23-24-19(25(18)14-5-2-1-3-6-14)28-12-17(27)22-9-4-10-26/h1-3,5-8,11,26H,4,9-10,12H2,(H,22,27). The van der Waals surface area contributed by atoms with Gasteiger partial charge in [0.15, 0.2) is 11.0 Å². The summed E-state index contributed by atoms with van der Waals surface area (Å²) in [6.45, 7) is 0.480. The van der Waals surface area contributed by atoms with Crippen LogP contribution in [0.4, 0.5) is 0 Å². The van der Waals surface area contributed by atoms with Crippen LogP contribution < -0.4 is 5.32 Å². The number of thioether (sulfide) groups is 1. The molecule has 1 aromatic heterocycles. The molecule has 0 unspecified atom stereocenters. The molecule has 0 saturated heterocycles. The van der Waals surface area contributed by atoms with Gasteiger partial charge in [0.1, 0.15) is 0 Å². The first kappa shape index (κ1) is 20.7. The number of para-hydroxylation sites is 1. The van der Waals surface area contributed by atoms with E-state index in [0.29, 0.717) is 39.6 Å². The molecule has 0 fully saturated rings. The lowest BCUT2D eigenvalue weighted by atomic mass is 10.2. The summed E-state index contributed by atoms with van der Waals surface area (Å²) in [4.78, 5) is 12.0. The van der Waals surface area contributed by atoms with E-state index in [4.69, 9.17) is 28.3 Å². The van der Waals surface area contributed by atoms with Crippen LogP contribution in [-0.4, -0.2) is 44.7 Å². The number of aromatic nitrogens is 3. The van der Waals surface area contributed by atoms with E-state index in [1.165, 1.54) is 11.8 Å². The fourth-order valence-electron chi connectivity index (χ4n) is 2.51. The van der Waals surface area contributed by atoms with Crippen molar-refractivity contribution in [1.29, 1.82) is 0 Å². The number of aliphatic hydroxyl groups excluding tert-OH is 1. The van der Waals surface area contributed by atoms with Crippen LogP contribution in [0.2, 0.25) is 10.0 Å². The molecule has 0 aliphatic rings. The lowest BCUT2D eigenvalue weighted by molar-refractivity contribution is -0.118. The van der Waals surface area contributed by atoms with E-state index >= 15 is 0 Å². The van der Waals surface area contributed by atoms with Crippen molar-refractivity contribution in [1.82, 2.24) is 20.1 Å². The number of nitrogens with zero attached hydrogens (tertiary/aromatic N) is 3. The molecule has 1 heterocycles. The molecule has 0 aliphatic carbocycles. The highest BCUT2D eigenvalue weighted by atomic mass is 35.5. The molecule has 9 heteroatoms. The van der Waals surface area contributed by atoms with Crippen LogP contribution in [0.3, 0.4) is 0 Å². The fraction of sp³-hybridized carbons (Fsp3) is 0.211. The third-order valence-electron chi connectivity index (χ3n) is 3.81. The molecule has 1 amide bonds. The van der Waals surface area contributed by atoms with Crippen LogP contribution in [0.15, 0.2) is 53.7 Å². The minimum Gasteiger partial charge on any atom is -0.396 e. The Hall–Kier alpha value is -2.06. The first-order valence-electron chi connectivity index (χ1n) is 8.56. The van der Waals surface area contributed by atoms with E-state index in [2.05, 4.69) is 15.5 Å². The minimum absolute atomic E-state index is 0.0426. The number of nitrogens with one attached hydrogen (secondary N) is 1. The van der Waals surface area contributed by atoms with E-state index in [0.717, 1.165) is 5.69 Å². The van der Waals surface area contributed by atoms with Gasteiger partial charge in [-0.15, -0.1) is 10.2 Å². The van der Waals surface area contributed by atoms with Crippen LogP contribution >= 0.6 is 35.0 Å². The summed E-state index contributed by atoms with van der Waals surface area (Å²) in [6.07, 6.45) is 0.524. The molecule has 146 valence electrons. The zero-order valence-electron chi connectivity index (χ0n) is 14.8. The second-order valence-corrected chi connectivity index (χ2v) is 7.60. The number of carbonyl (C=O) groups excluding carboxylic acids is 1. The van der Waals surface area contributed by atoms with E-state index in [1.807, 2.05) is 34.9 Å². The van der Waals surface area contributed by atoms with Crippen LogP contribution in [0, 0.1) is 0 Å². The van der Waals surface area contributed by atoms with E-state index in [1.54, 1.807) is 18.2 Å². The molecule has 28 heavy (non-hydrogen) atoms. The number of aliphatic hydroxyl groups is 1. The summed E-state index contributed by atoms with van der Waals surface area (Å²) in [5.74, 6) is 0.619. The van der Waals surface area contributed by atoms with E-state index in [9.17, 15) is 4.79 Å². The summed E-state index contributed by atoms with van der Waals surface area (Å²) in [6, 6.07) is 14.8. The largest absolute Gasteiger partial charge is 0.396 e. The first-order valence-corrected chi connectivity index (χ1v) is 10.3. The van der Waals surface area contributed by atoms with Crippen molar-refractivity contribution in [3.05, 3.63) is 58.6 Å². The molecule has 0 bridgehead atoms.